The minimum absolute atomic E-state index is 0. The van der Waals surface area contributed by atoms with Crippen LogP contribution in [-0.2, 0) is 7.05 Å². The maximum Gasteiger partial charge on any atom is 1.00 e. The van der Waals surface area contributed by atoms with Crippen LogP contribution in [-0.4, -0.2) is 9.78 Å². The van der Waals surface area contributed by atoms with Crippen molar-refractivity contribution < 1.29 is 51.4 Å². The first-order valence-electron chi connectivity index (χ1n) is 4.51. The van der Waals surface area contributed by atoms with E-state index in [0.717, 1.165) is 16.5 Å². The third kappa shape index (κ3) is 4.29. The molecule has 0 spiro atoms. The van der Waals surface area contributed by atoms with Gasteiger partial charge in [-0.25, -0.2) is 0 Å². The van der Waals surface area contributed by atoms with E-state index in [1.165, 1.54) is 0 Å². The van der Waals surface area contributed by atoms with E-state index in [4.69, 9.17) is 0 Å². The molecule has 0 aliphatic carbocycles. The van der Waals surface area contributed by atoms with Crippen molar-refractivity contribution in [2.75, 3.05) is 0 Å². The maximum atomic E-state index is 4.13. The largest absolute Gasteiger partial charge is 1.00 e. The van der Waals surface area contributed by atoms with Crippen molar-refractivity contribution in [1.82, 2.24) is 9.78 Å². The van der Waals surface area contributed by atoms with E-state index in [2.05, 4.69) is 12.0 Å². The van der Waals surface area contributed by atoms with Gasteiger partial charge in [0, 0.05) is 18.8 Å². The Hall–Kier alpha value is 0.196. The average Bonchev–Trinajstić information content (AvgIpc) is 2.51. The molecule has 0 atom stereocenters. The van der Waals surface area contributed by atoms with E-state index in [9.17, 15) is 0 Å². The Morgan fingerprint density at radius 1 is 1.27 bits per heavy atom. The fraction of sp³-hybridized carbons (Fsp3) is 0.250. The molecule has 1 heterocycles. The molecule has 0 radical (unpaired) electrons. The zero-order valence-corrected chi connectivity index (χ0v) is 13.5. The molecule has 0 saturated heterocycles. The van der Waals surface area contributed by atoms with Gasteiger partial charge >= 0.3 is 51.4 Å². The summed E-state index contributed by atoms with van der Waals surface area (Å²) >= 11 is 0. The van der Waals surface area contributed by atoms with Gasteiger partial charge in [-0.3, -0.25) is 4.68 Å². The van der Waals surface area contributed by atoms with Gasteiger partial charge in [-0.1, -0.05) is 19.9 Å². The van der Waals surface area contributed by atoms with Crippen molar-refractivity contribution in [2.24, 2.45) is 7.05 Å². The number of fused-ring (bicyclic) bond motifs is 1. The van der Waals surface area contributed by atoms with Gasteiger partial charge in [0.05, 0.1) is 0 Å². The van der Waals surface area contributed by atoms with E-state index in [1.807, 2.05) is 50.0 Å². The molecule has 2 aromatic rings. The van der Waals surface area contributed by atoms with Crippen molar-refractivity contribution in [3.63, 3.8) is 0 Å². The molecule has 0 bridgehead atoms. The molecule has 0 fully saturated rings. The summed E-state index contributed by atoms with van der Waals surface area (Å²) in [5.41, 5.74) is 2.18. The Balaban J connectivity index is 0. The number of benzene rings is 1. The van der Waals surface area contributed by atoms with E-state index in [0.29, 0.717) is 0 Å². The molecule has 0 aliphatic rings. The summed E-state index contributed by atoms with van der Waals surface area (Å²) in [7, 11) is 1.94. The quantitative estimate of drug-likeness (QED) is 0.467. The fourth-order valence-electron chi connectivity index (χ4n) is 1.21. The third-order valence-electron chi connectivity index (χ3n) is 1.81. The Kier molecular flexibility index (Phi) is 9.80. The van der Waals surface area contributed by atoms with Crippen LogP contribution < -0.4 is 51.4 Å². The van der Waals surface area contributed by atoms with Gasteiger partial charge < -0.3 is 7.43 Å². The molecule has 0 aliphatic heterocycles. The molecule has 78 valence electrons. The number of rotatable bonds is 0. The fourth-order valence-corrected chi connectivity index (χ4v) is 1.21. The van der Waals surface area contributed by atoms with Crippen LogP contribution in [0.5, 0.6) is 0 Å². The summed E-state index contributed by atoms with van der Waals surface area (Å²) in [6, 6.07) is 6.05. The van der Waals surface area contributed by atoms with Crippen LogP contribution in [0.1, 0.15) is 19.4 Å². The van der Waals surface area contributed by atoms with Gasteiger partial charge in [-0.2, -0.15) is 29.7 Å². The van der Waals surface area contributed by atoms with Crippen LogP contribution >= 0.6 is 0 Å². The Morgan fingerprint density at radius 2 is 1.87 bits per heavy atom. The van der Waals surface area contributed by atoms with E-state index >= 15 is 0 Å². The molecule has 0 N–H and O–H groups in total. The van der Waals surface area contributed by atoms with Crippen LogP contribution in [0.25, 0.3) is 10.9 Å². The summed E-state index contributed by atoms with van der Waals surface area (Å²) in [5, 5.41) is 5.28. The minimum Gasteiger partial charge on any atom is -0.358 e. The number of aryl methyl sites for hydroxylation is 1. The Bertz CT molecular complexity index is 393. The molecule has 0 unspecified atom stereocenters. The van der Waals surface area contributed by atoms with Crippen LogP contribution in [0.3, 0.4) is 0 Å². The monoisotopic (exact) mass is 229 g/mol. The van der Waals surface area contributed by atoms with Crippen molar-refractivity contribution >= 4 is 10.9 Å². The maximum absolute atomic E-state index is 4.13. The molecular weight excluding hydrogens is 211 g/mol. The summed E-state index contributed by atoms with van der Waals surface area (Å²) in [6.07, 6.45) is 1.85. The summed E-state index contributed by atoms with van der Waals surface area (Å²) in [5.74, 6) is 0. The second-order valence-electron chi connectivity index (χ2n) is 2.66. The smallest absolute Gasteiger partial charge is 0.358 e. The van der Waals surface area contributed by atoms with Crippen LogP contribution in [0, 0.1) is 14.4 Å². The topological polar surface area (TPSA) is 17.8 Å². The zero-order valence-electron chi connectivity index (χ0n) is 10.4. The second-order valence-corrected chi connectivity index (χ2v) is 2.66. The first kappa shape index (κ1) is 17.6. The standard InChI is InChI=1S/C9H9N2.C2H6.CH3.K/c1-7-3-4-9-8(5-7)6-10-11(9)2;1-2;;/h3-6H,1H2,2H3;1-2H3;1H3;/q-1;;-1;+1. The number of aromatic nitrogens is 2. The number of nitrogens with zero attached hydrogens (tertiary/aromatic N) is 2. The minimum atomic E-state index is 0. The van der Waals surface area contributed by atoms with Gasteiger partial charge in [0.15, 0.2) is 0 Å². The predicted molar refractivity (Wildman–Crippen MR) is 62.9 cm³/mol. The van der Waals surface area contributed by atoms with E-state index < -0.39 is 0 Å². The Morgan fingerprint density at radius 3 is 2.47 bits per heavy atom. The summed E-state index contributed by atoms with van der Waals surface area (Å²) in [4.78, 5) is 0. The molecule has 0 amide bonds. The van der Waals surface area contributed by atoms with Gasteiger partial charge in [0.25, 0.3) is 0 Å². The van der Waals surface area contributed by atoms with Crippen LogP contribution in [0.15, 0.2) is 24.4 Å². The second kappa shape index (κ2) is 8.36. The van der Waals surface area contributed by atoms with Gasteiger partial charge in [0.1, 0.15) is 0 Å². The van der Waals surface area contributed by atoms with Gasteiger partial charge in [-0.05, 0) is 5.39 Å². The molecule has 1 aromatic carbocycles. The molecule has 15 heavy (non-hydrogen) atoms. The van der Waals surface area contributed by atoms with Crippen LogP contribution in [0.2, 0.25) is 0 Å². The summed E-state index contributed by atoms with van der Waals surface area (Å²) < 4.78 is 1.86. The summed E-state index contributed by atoms with van der Waals surface area (Å²) in [6.45, 7) is 7.84. The molecule has 3 heteroatoms. The SMILES string of the molecule is CC.[CH2-]c1ccc2c(cnn2C)c1.[CH3-].[K+]. The van der Waals surface area contributed by atoms with E-state index in [1.54, 1.807) is 0 Å². The third-order valence-corrected chi connectivity index (χ3v) is 1.81. The average molecular weight is 229 g/mol. The van der Waals surface area contributed by atoms with Crippen LogP contribution in [0.4, 0.5) is 0 Å². The van der Waals surface area contributed by atoms with Crippen molar-refractivity contribution in [3.05, 3.63) is 44.3 Å². The predicted octanol–water partition coefficient (Wildman–Crippen LogP) is 0.236. The first-order chi connectivity index (χ1) is 6.27. The zero-order chi connectivity index (χ0) is 9.84. The first-order valence-corrected chi connectivity index (χ1v) is 4.51. The molecule has 2 rings (SSSR count). The normalized spacial score (nSPS) is 8.20. The molecular formula is C12H18KN2-. The van der Waals surface area contributed by atoms with Crippen molar-refractivity contribution in [3.8, 4) is 0 Å². The van der Waals surface area contributed by atoms with Gasteiger partial charge in [0.2, 0.25) is 0 Å². The number of hydrogen-bond acceptors (Lipinski definition) is 1. The van der Waals surface area contributed by atoms with E-state index in [-0.39, 0.29) is 58.8 Å². The molecule has 2 nitrogen and oxygen atoms in total. The Labute approximate surface area is 135 Å². The van der Waals surface area contributed by atoms with Crippen molar-refractivity contribution in [1.29, 1.82) is 0 Å². The van der Waals surface area contributed by atoms with Gasteiger partial charge in [-0.15, -0.1) is 0 Å². The molecule has 0 saturated carbocycles. The molecule has 1 aromatic heterocycles. The van der Waals surface area contributed by atoms with Crippen molar-refractivity contribution in [2.45, 2.75) is 13.8 Å². The number of hydrogen-bond donors (Lipinski definition) is 0.